The number of hydrogen-bond donors (Lipinski definition) is 1. The van der Waals surface area contributed by atoms with Gasteiger partial charge in [-0.15, -0.1) is 0 Å². The maximum atomic E-state index is 13.1. The molecule has 0 saturated heterocycles. The van der Waals surface area contributed by atoms with Gasteiger partial charge in [-0.25, -0.2) is 17.8 Å². The largest absolute Gasteiger partial charge is 0.264 e. The molecule has 8 heteroatoms. The van der Waals surface area contributed by atoms with E-state index in [-0.39, 0.29) is 20.8 Å². The van der Waals surface area contributed by atoms with Crippen molar-refractivity contribution in [2.45, 2.75) is 4.90 Å². The van der Waals surface area contributed by atoms with Gasteiger partial charge < -0.3 is 0 Å². The van der Waals surface area contributed by atoms with E-state index in [1.54, 1.807) is 6.07 Å². The first-order valence-corrected chi connectivity index (χ1v) is 7.22. The SMILES string of the molecule is O=S(=O)(Nc1ncccc1Cl)c1cc(F)ccc1Cl. The molecule has 1 N–H and O–H groups in total. The number of aromatic nitrogens is 1. The minimum atomic E-state index is -4.06. The van der Waals surface area contributed by atoms with Crippen LogP contribution in [-0.2, 0) is 10.0 Å². The molecule has 1 aromatic heterocycles. The normalized spacial score (nSPS) is 11.3. The maximum Gasteiger partial charge on any atom is 0.264 e. The first-order valence-electron chi connectivity index (χ1n) is 4.98. The summed E-state index contributed by atoms with van der Waals surface area (Å²) in [6.07, 6.45) is 1.37. The van der Waals surface area contributed by atoms with Crippen molar-refractivity contribution in [3.8, 4) is 0 Å². The van der Waals surface area contributed by atoms with Crippen molar-refractivity contribution in [1.29, 1.82) is 0 Å². The van der Waals surface area contributed by atoms with Gasteiger partial charge in [-0.2, -0.15) is 0 Å². The summed E-state index contributed by atoms with van der Waals surface area (Å²) >= 11 is 11.5. The van der Waals surface area contributed by atoms with Crippen LogP contribution >= 0.6 is 23.2 Å². The summed E-state index contributed by atoms with van der Waals surface area (Å²) in [5, 5.41) is 0.0274. The van der Waals surface area contributed by atoms with E-state index in [1.807, 2.05) is 0 Å². The summed E-state index contributed by atoms with van der Waals surface area (Å²) in [6, 6.07) is 6.07. The van der Waals surface area contributed by atoms with E-state index < -0.39 is 15.8 Å². The van der Waals surface area contributed by atoms with Crippen LogP contribution in [0.4, 0.5) is 10.2 Å². The number of nitrogens with zero attached hydrogens (tertiary/aromatic N) is 1. The Morgan fingerprint density at radius 1 is 1.16 bits per heavy atom. The highest BCUT2D eigenvalue weighted by Gasteiger charge is 2.20. The van der Waals surface area contributed by atoms with E-state index in [0.29, 0.717) is 0 Å². The number of benzene rings is 1. The lowest BCUT2D eigenvalue weighted by Crippen LogP contribution is -2.15. The molecule has 0 aliphatic heterocycles. The number of pyridine rings is 1. The number of halogens is 3. The smallest absolute Gasteiger partial charge is 0.262 e. The first kappa shape index (κ1) is 14.0. The molecule has 0 aliphatic rings. The molecule has 0 atom stereocenters. The Hall–Kier alpha value is -1.37. The lowest BCUT2D eigenvalue weighted by Gasteiger charge is -2.09. The van der Waals surface area contributed by atoms with Crippen LogP contribution in [0, 0.1) is 5.82 Å². The average Bonchev–Trinajstić information content (AvgIpc) is 2.35. The van der Waals surface area contributed by atoms with Crippen LogP contribution in [-0.4, -0.2) is 13.4 Å². The summed E-state index contributed by atoms with van der Waals surface area (Å²) in [5.41, 5.74) is 0. The van der Waals surface area contributed by atoms with Crippen molar-refractivity contribution in [3.05, 3.63) is 52.4 Å². The van der Waals surface area contributed by atoms with E-state index in [9.17, 15) is 12.8 Å². The van der Waals surface area contributed by atoms with E-state index in [1.165, 1.54) is 12.3 Å². The molecule has 2 rings (SSSR count). The summed E-state index contributed by atoms with van der Waals surface area (Å²) in [7, 11) is -4.06. The Kier molecular flexibility index (Phi) is 3.93. The Morgan fingerprint density at radius 2 is 1.89 bits per heavy atom. The van der Waals surface area contributed by atoms with Gasteiger partial charge in [0.1, 0.15) is 10.7 Å². The maximum absolute atomic E-state index is 13.1. The van der Waals surface area contributed by atoms with E-state index in [4.69, 9.17) is 23.2 Å². The zero-order chi connectivity index (χ0) is 14.0. The predicted molar refractivity (Wildman–Crippen MR) is 71.5 cm³/mol. The Morgan fingerprint density at radius 3 is 2.58 bits per heavy atom. The predicted octanol–water partition coefficient (Wildman–Crippen LogP) is 3.33. The summed E-state index contributed by atoms with van der Waals surface area (Å²) in [5.74, 6) is -0.763. The van der Waals surface area contributed by atoms with Gasteiger partial charge in [-0.05, 0) is 30.3 Å². The van der Waals surface area contributed by atoms with Gasteiger partial charge in [0.15, 0.2) is 5.82 Å². The van der Waals surface area contributed by atoms with Crippen molar-refractivity contribution in [2.75, 3.05) is 4.72 Å². The minimum absolute atomic E-state index is 0.0514. The van der Waals surface area contributed by atoms with Gasteiger partial charge in [-0.3, -0.25) is 4.72 Å². The molecule has 0 aliphatic carbocycles. The molecule has 1 aromatic carbocycles. The van der Waals surface area contributed by atoms with Crippen LogP contribution in [0.15, 0.2) is 41.4 Å². The third-order valence-electron chi connectivity index (χ3n) is 2.17. The summed E-state index contributed by atoms with van der Waals surface area (Å²) < 4.78 is 39.4. The van der Waals surface area contributed by atoms with E-state index in [0.717, 1.165) is 18.2 Å². The van der Waals surface area contributed by atoms with Gasteiger partial charge in [0.25, 0.3) is 10.0 Å². The van der Waals surface area contributed by atoms with Gasteiger partial charge in [-0.1, -0.05) is 23.2 Å². The zero-order valence-corrected chi connectivity index (χ0v) is 11.6. The minimum Gasteiger partial charge on any atom is -0.262 e. The second-order valence-corrected chi connectivity index (χ2v) is 5.98. The fourth-order valence-corrected chi connectivity index (χ4v) is 3.09. The van der Waals surface area contributed by atoms with Gasteiger partial charge in [0, 0.05) is 6.20 Å². The molecule has 0 bridgehead atoms. The average molecular weight is 321 g/mol. The van der Waals surface area contributed by atoms with Crippen molar-refractivity contribution in [3.63, 3.8) is 0 Å². The van der Waals surface area contributed by atoms with E-state index >= 15 is 0 Å². The zero-order valence-electron chi connectivity index (χ0n) is 9.27. The van der Waals surface area contributed by atoms with Crippen LogP contribution in [0.3, 0.4) is 0 Å². The number of anilines is 1. The third-order valence-corrected chi connectivity index (χ3v) is 4.30. The molecule has 19 heavy (non-hydrogen) atoms. The molecule has 4 nitrogen and oxygen atoms in total. The summed E-state index contributed by atoms with van der Waals surface area (Å²) in [6.45, 7) is 0. The molecule has 1 heterocycles. The van der Waals surface area contributed by atoms with Crippen LogP contribution in [0.5, 0.6) is 0 Å². The first-order chi connectivity index (χ1) is 8.90. The molecule has 2 aromatic rings. The number of hydrogen-bond acceptors (Lipinski definition) is 3. The van der Waals surface area contributed by atoms with Crippen molar-refractivity contribution in [1.82, 2.24) is 4.98 Å². The van der Waals surface area contributed by atoms with Crippen LogP contribution in [0.1, 0.15) is 0 Å². The molecular formula is C11H7Cl2FN2O2S. The lowest BCUT2D eigenvalue weighted by molar-refractivity contribution is 0.595. The number of rotatable bonds is 3. The Balaban J connectivity index is 2.44. The fourth-order valence-electron chi connectivity index (χ4n) is 1.33. The topological polar surface area (TPSA) is 59.1 Å². The second kappa shape index (κ2) is 5.32. The molecule has 0 spiro atoms. The van der Waals surface area contributed by atoms with E-state index in [2.05, 4.69) is 9.71 Å². The molecule has 0 radical (unpaired) electrons. The van der Waals surface area contributed by atoms with Crippen LogP contribution < -0.4 is 4.72 Å². The van der Waals surface area contributed by atoms with Crippen molar-refractivity contribution in [2.24, 2.45) is 0 Å². The number of nitrogens with one attached hydrogen (secondary N) is 1. The standard InChI is InChI=1S/C11H7Cl2FN2O2S/c12-8-4-3-7(14)6-10(8)19(17,18)16-11-9(13)2-1-5-15-11/h1-6H,(H,15,16). The highest BCUT2D eigenvalue weighted by atomic mass is 35.5. The number of sulfonamides is 1. The monoisotopic (exact) mass is 320 g/mol. The Labute approximate surface area is 119 Å². The molecular weight excluding hydrogens is 314 g/mol. The Bertz CT molecular complexity index is 722. The molecule has 0 unspecified atom stereocenters. The molecule has 0 fully saturated rings. The van der Waals surface area contributed by atoms with Crippen molar-refractivity contribution < 1.29 is 12.8 Å². The van der Waals surface area contributed by atoms with Gasteiger partial charge in [0.05, 0.1) is 10.0 Å². The molecule has 0 saturated carbocycles. The lowest BCUT2D eigenvalue weighted by atomic mass is 10.3. The van der Waals surface area contributed by atoms with Crippen LogP contribution in [0.2, 0.25) is 10.0 Å². The van der Waals surface area contributed by atoms with Crippen molar-refractivity contribution >= 4 is 39.0 Å². The quantitative estimate of drug-likeness (QED) is 0.943. The third kappa shape index (κ3) is 3.15. The highest BCUT2D eigenvalue weighted by Crippen LogP contribution is 2.26. The highest BCUT2D eigenvalue weighted by molar-refractivity contribution is 7.92. The fraction of sp³-hybridized carbons (Fsp3) is 0. The second-order valence-electron chi connectivity index (χ2n) is 3.51. The summed E-state index contributed by atoms with van der Waals surface area (Å²) in [4.78, 5) is 3.40. The molecule has 100 valence electrons. The van der Waals surface area contributed by atoms with Gasteiger partial charge in [0.2, 0.25) is 0 Å². The van der Waals surface area contributed by atoms with Gasteiger partial charge >= 0.3 is 0 Å². The van der Waals surface area contributed by atoms with Crippen LogP contribution in [0.25, 0.3) is 0 Å². The molecule has 0 amide bonds.